The second kappa shape index (κ2) is 5.88. The minimum Gasteiger partial charge on any atom is -0.454 e. The van der Waals surface area contributed by atoms with Crippen LogP contribution in [0.3, 0.4) is 0 Å². The highest BCUT2D eigenvalue weighted by molar-refractivity contribution is 5.92. The smallest absolute Gasteiger partial charge is 0.322 e. The Balaban J connectivity index is 1.40. The molecule has 2 aliphatic heterocycles. The molecule has 0 spiro atoms. The zero-order chi connectivity index (χ0) is 15.6. The summed E-state index contributed by atoms with van der Waals surface area (Å²) < 4.78 is 21.4. The van der Waals surface area contributed by atoms with Crippen molar-refractivity contribution in [1.82, 2.24) is 10.2 Å². The van der Waals surface area contributed by atoms with Gasteiger partial charge in [-0.1, -0.05) is 11.2 Å². The molecule has 2 aromatic rings. The molecule has 120 valence electrons. The van der Waals surface area contributed by atoms with Crippen molar-refractivity contribution >= 4 is 11.9 Å². The van der Waals surface area contributed by atoms with Gasteiger partial charge in [0.2, 0.25) is 12.7 Å². The molecule has 1 aromatic carbocycles. The van der Waals surface area contributed by atoms with Crippen LogP contribution in [0.4, 0.5) is 6.01 Å². The Morgan fingerprint density at radius 2 is 2.17 bits per heavy atom. The molecule has 0 saturated carbocycles. The van der Waals surface area contributed by atoms with Crippen LogP contribution in [0.2, 0.25) is 0 Å². The van der Waals surface area contributed by atoms with Gasteiger partial charge in [-0.15, -0.1) is 5.10 Å². The van der Waals surface area contributed by atoms with Crippen molar-refractivity contribution in [2.75, 3.05) is 18.7 Å². The SMILES string of the molecule is O=C(Nc1nnc(Cc2ccc3c(c2)OCO3)o1)C1CCCO1. The van der Waals surface area contributed by atoms with E-state index in [9.17, 15) is 4.79 Å². The van der Waals surface area contributed by atoms with Gasteiger partial charge in [0.25, 0.3) is 5.91 Å². The summed E-state index contributed by atoms with van der Waals surface area (Å²) in [6.45, 7) is 0.843. The van der Waals surface area contributed by atoms with Gasteiger partial charge < -0.3 is 18.6 Å². The molecule has 1 unspecified atom stereocenters. The van der Waals surface area contributed by atoms with E-state index >= 15 is 0 Å². The molecule has 1 amide bonds. The molecular weight excluding hydrogens is 302 g/mol. The molecule has 0 aliphatic carbocycles. The standard InChI is InChI=1S/C15H15N3O5/c19-14(11-2-1-5-20-11)16-15-18-17-13(23-15)7-9-3-4-10-12(6-9)22-8-21-10/h3-4,6,11H,1-2,5,7-8H2,(H,16,18,19). The van der Waals surface area contributed by atoms with Gasteiger partial charge in [-0.2, -0.15) is 0 Å². The first kappa shape index (κ1) is 14.0. The predicted octanol–water partition coefficient (Wildman–Crippen LogP) is 1.51. The average molecular weight is 317 g/mol. The third-order valence-electron chi connectivity index (χ3n) is 3.71. The van der Waals surface area contributed by atoms with Crippen molar-refractivity contribution in [1.29, 1.82) is 0 Å². The number of fused-ring (bicyclic) bond motifs is 1. The number of nitrogens with one attached hydrogen (secondary N) is 1. The number of nitrogens with zero attached hydrogens (tertiary/aromatic N) is 2. The third kappa shape index (κ3) is 2.98. The van der Waals surface area contributed by atoms with E-state index in [1.54, 1.807) is 0 Å². The minimum atomic E-state index is -0.431. The highest BCUT2D eigenvalue weighted by Gasteiger charge is 2.25. The van der Waals surface area contributed by atoms with Crippen LogP contribution in [0.25, 0.3) is 0 Å². The van der Waals surface area contributed by atoms with Crippen molar-refractivity contribution in [2.24, 2.45) is 0 Å². The molecular formula is C15H15N3O5. The summed E-state index contributed by atoms with van der Waals surface area (Å²) in [5, 5.41) is 10.4. The summed E-state index contributed by atoms with van der Waals surface area (Å²) in [4.78, 5) is 11.9. The molecule has 2 aliphatic rings. The first-order valence-electron chi connectivity index (χ1n) is 7.41. The first-order chi connectivity index (χ1) is 11.3. The maximum atomic E-state index is 11.9. The fourth-order valence-electron chi connectivity index (χ4n) is 2.57. The van der Waals surface area contributed by atoms with Crippen LogP contribution >= 0.6 is 0 Å². The largest absolute Gasteiger partial charge is 0.454 e. The number of hydrogen-bond donors (Lipinski definition) is 1. The maximum absolute atomic E-state index is 11.9. The molecule has 1 N–H and O–H groups in total. The lowest BCUT2D eigenvalue weighted by Crippen LogP contribution is -2.26. The molecule has 0 radical (unpaired) electrons. The minimum absolute atomic E-state index is 0.0845. The number of amides is 1. The lowest BCUT2D eigenvalue weighted by molar-refractivity contribution is -0.124. The van der Waals surface area contributed by atoms with Crippen molar-refractivity contribution in [3.63, 3.8) is 0 Å². The third-order valence-corrected chi connectivity index (χ3v) is 3.71. The van der Waals surface area contributed by atoms with E-state index in [2.05, 4.69) is 15.5 Å². The summed E-state index contributed by atoms with van der Waals surface area (Å²) in [7, 11) is 0. The van der Waals surface area contributed by atoms with Crippen molar-refractivity contribution in [3.05, 3.63) is 29.7 Å². The predicted molar refractivity (Wildman–Crippen MR) is 77.3 cm³/mol. The highest BCUT2D eigenvalue weighted by Crippen LogP contribution is 2.33. The van der Waals surface area contributed by atoms with Crippen molar-refractivity contribution < 1.29 is 23.4 Å². The van der Waals surface area contributed by atoms with E-state index in [4.69, 9.17) is 18.6 Å². The number of hydrogen-bond acceptors (Lipinski definition) is 7. The molecule has 8 heteroatoms. The fourth-order valence-corrected chi connectivity index (χ4v) is 2.57. The molecule has 1 fully saturated rings. The zero-order valence-electron chi connectivity index (χ0n) is 12.3. The summed E-state index contributed by atoms with van der Waals surface area (Å²) in [6.07, 6.45) is 1.61. The number of rotatable bonds is 4. The van der Waals surface area contributed by atoms with E-state index in [-0.39, 0.29) is 18.7 Å². The molecule has 0 bridgehead atoms. The zero-order valence-corrected chi connectivity index (χ0v) is 12.3. The van der Waals surface area contributed by atoms with Gasteiger partial charge in [-0.3, -0.25) is 10.1 Å². The Kier molecular flexibility index (Phi) is 3.58. The van der Waals surface area contributed by atoms with Gasteiger partial charge in [-0.05, 0) is 30.5 Å². The Morgan fingerprint density at radius 1 is 1.26 bits per heavy atom. The van der Waals surface area contributed by atoms with Crippen LogP contribution in [0.15, 0.2) is 22.6 Å². The summed E-state index contributed by atoms with van der Waals surface area (Å²) in [5.41, 5.74) is 0.954. The van der Waals surface area contributed by atoms with Gasteiger partial charge in [0.1, 0.15) is 6.10 Å². The summed E-state index contributed by atoms with van der Waals surface area (Å²) in [5.74, 6) is 1.59. The number of benzene rings is 1. The van der Waals surface area contributed by atoms with E-state index in [0.717, 1.165) is 17.7 Å². The number of carbonyl (C=O) groups is 1. The van der Waals surface area contributed by atoms with Gasteiger partial charge in [-0.25, -0.2) is 0 Å². The summed E-state index contributed by atoms with van der Waals surface area (Å²) in [6, 6.07) is 5.70. The Hall–Kier alpha value is -2.61. The molecule has 8 nitrogen and oxygen atoms in total. The fraction of sp³-hybridized carbons (Fsp3) is 0.400. The molecule has 4 rings (SSSR count). The van der Waals surface area contributed by atoms with Gasteiger partial charge in [0.15, 0.2) is 11.5 Å². The van der Waals surface area contributed by atoms with Crippen LogP contribution in [-0.4, -0.2) is 35.6 Å². The topological polar surface area (TPSA) is 95.7 Å². The quantitative estimate of drug-likeness (QED) is 0.913. The Morgan fingerprint density at radius 3 is 3.04 bits per heavy atom. The second-order valence-corrected chi connectivity index (χ2v) is 5.36. The van der Waals surface area contributed by atoms with E-state index in [0.29, 0.717) is 31.1 Å². The van der Waals surface area contributed by atoms with Crippen LogP contribution in [0.1, 0.15) is 24.3 Å². The molecule has 23 heavy (non-hydrogen) atoms. The maximum Gasteiger partial charge on any atom is 0.322 e. The van der Waals surface area contributed by atoms with Gasteiger partial charge in [0, 0.05) is 6.61 Å². The van der Waals surface area contributed by atoms with Crippen LogP contribution in [0.5, 0.6) is 11.5 Å². The Bertz CT molecular complexity index is 724. The Labute approximate surface area is 131 Å². The van der Waals surface area contributed by atoms with Crippen molar-refractivity contribution in [3.8, 4) is 11.5 Å². The van der Waals surface area contributed by atoms with E-state index < -0.39 is 6.10 Å². The number of anilines is 1. The number of aromatic nitrogens is 2. The molecule has 1 aromatic heterocycles. The van der Waals surface area contributed by atoms with Crippen LogP contribution < -0.4 is 14.8 Å². The lowest BCUT2D eigenvalue weighted by atomic mass is 10.1. The average Bonchev–Trinajstić information content (AvgIpc) is 3.28. The lowest BCUT2D eigenvalue weighted by Gasteiger charge is -2.06. The normalized spacial score (nSPS) is 19.0. The number of carbonyl (C=O) groups excluding carboxylic acids is 1. The van der Waals surface area contributed by atoms with Gasteiger partial charge in [0.05, 0.1) is 6.42 Å². The number of ether oxygens (including phenoxy) is 3. The van der Waals surface area contributed by atoms with Crippen LogP contribution in [-0.2, 0) is 16.0 Å². The molecule has 1 atom stereocenters. The van der Waals surface area contributed by atoms with Crippen molar-refractivity contribution in [2.45, 2.75) is 25.4 Å². The van der Waals surface area contributed by atoms with Gasteiger partial charge >= 0.3 is 6.01 Å². The summed E-state index contributed by atoms with van der Waals surface area (Å²) >= 11 is 0. The van der Waals surface area contributed by atoms with E-state index in [1.807, 2.05) is 18.2 Å². The second-order valence-electron chi connectivity index (χ2n) is 5.36. The van der Waals surface area contributed by atoms with E-state index in [1.165, 1.54) is 0 Å². The first-order valence-corrected chi connectivity index (χ1v) is 7.41. The monoisotopic (exact) mass is 317 g/mol. The highest BCUT2D eigenvalue weighted by atomic mass is 16.7. The molecule has 3 heterocycles. The van der Waals surface area contributed by atoms with Crippen LogP contribution in [0, 0.1) is 0 Å². The molecule has 1 saturated heterocycles.